The van der Waals surface area contributed by atoms with Crippen molar-refractivity contribution < 1.29 is 23.5 Å². The van der Waals surface area contributed by atoms with Crippen LogP contribution in [0.2, 0.25) is 0 Å². The Balaban J connectivity index is 1.88. The molecule has 2 aromatic heterocycles. The summed E-state index contributed by atoms with van der Waals surface area (Å²) < 4.78 is 17.6. The molecule has 0 saturated carbocycles. The van der Waals surface area contributed by atoms with Crippen molar-refractivity contribution in [2.24, 2.45) is 10.9 Å². The number of fused-ring (bicyclic) bond motifs is 1. The summed E-state index contributed by atoms with van der Waals surface area (Å²) in [5.74, 6) is -0.317. The Morgan fingerprint density at radius 3 is 2.56 bits per heavy atom. The van der Waals surface area contributed by atoms with Gasteiger partial charge in [0.2, 0.25) is 0 Å². The molecule has 0 N–H and O–H groups in total. The van der Waals surface area contributed by atoms with Crippen LogP contribution in [0.5, 0.6) is 0 Å². The maximum Gasteiger partial charge on any atom is 0.338 e. The summed E-state index contributed by atoms with van der Waals surface area (Å²) in [4.78, 5) is 43.5. The average Bonchev–Trinajstić information content (AvgIpc) is 3.44. The molecule has 0 aliphatic carbocycles. The second-order valence-corrected chi connectivity index (χ2v) is 9.21. The number of rotatable bonds is 6. The van der Waals surface area contributed by atoms with Gasteiger partial charge in [0.05, 0.1) is 47.4 Å². The molecule has 0 saturated heterocycles. The van der Waals surface area contributed by atoms with Crippen LogP contribution in [-0.4, -0.2) is 30.2 Å². The number of furan rings is 1. The third-order valence-electron chi connectivity index (χ3n) is 5.25. The minimum absolute atomic E-state index is 0.150. The zero-order valence-electron chi connectivity index (χ0n) is 19.2. The van der Waals surface area contributed by atoms with E-state index in [1.165, 1.54) is 29.3 Å². The molecule has 1 atom stereocenters. The molecular weight excluding hydrogens is 456 g/mol. The molecule has 8 nitrogen and oxygen atoms in total. The minimum Gasteiger partial charge on any atom is -0.465 e. The molecular formula is C25H24N2O6S. The van der Waals surface area contributed by atoms with E-state index < -0.39 is 18.0 Å². The molecule has 0 amide bonds. The van der Waals surface area contributed by atoms with Gasteiger partial charge >= 0.3 is 11.9 Å². The van der Waals surface area contributed by atoms with Gasteiger partial charge in [-0.15, -0.1) is 0 Å². The number of hydrogen-bond acceptors (Lipinski definition) is 8. The van der Waals surface area contributed by atoms with Crippen molar-refractivity contribution in [2.75, 3.05) is 13.7 Å². The van der Waals surface area contributed by atoms with Gasteiger partial charge < -0.3 is 13.9 Å². The summed E-state index contributed by atoms with van der Waals surface area (Å²) in [5.41, 5.74) is 1.46. The van der Waals surface area contributed by atoms with Crippen molar-refractivity contribution >= 4 is 29.4 Å². The van der Waals surface area contributed by atoms with E-state index in [1.54, 1.807) is 49.4 Å². The van der Waals surface area contributed by atoms with E-state index >= 15 is 0 Å². The quantitative estimate of drug-likeness (QED) is 0.503. The van der Waals surface area contributed by atoms with E-state index in [9.17, 15) is 14.4 Å². The van der Waals surface area contributed by atoms with E-state index in [-0.39, 0.29) is 23.7 Å². The number of hydrogen-bond donors (Lipinski definition) is 0. The Labute approximate surface area is 199 Å². The lowest BCUT2D eigenvalue weighted by molar-refractivity contribution is -0.140. The predicted molar refractivity (Wildman–Crippen MR) is 126 cm³/mol. The fourth-order valence-electron chi connectivity index (χ4n) is 3.64. The fraction of sp³-hybridized carbons (Fsp3) is 0.280. The molecule has 1 aromatic carbocycles. The van der Waals surface area contributed by atoms with Crippen LogP contribution in [0.25, 0.3) is 6.08 Å². The number of carbonyl (C=O) groups excluding carboxylic acids is 2. The van der Waals surface area contributed by atoms with Crippen molar-refractivity contribution in [3.8, 4) is 0 Å². The highest BCUT2D eigenvalue weighted by Crippen LogP contribution is 2.31. The second-order valence-electron chi connectivity index (χ2n) is 8.20. The third-order valence-corrected chi connectivity index (χ3v) is 6.24. The molecule has 1 aliphatic heterocycles. The van der Waals surface area contributed by atoms with Gasteiger partial charge in [0.1, 0.15) is 5.76 Å². The van der Waals surface area contributed by atoms with Gasteiger partial charge in [-0.05, 0) is 42.7 Å². The highest BCUT2D eigenvalue weighted by atomic mass is 32.1. The molecule has 3 aromatic rings. The number of esters is 2. The number of aromatic nitrogens is 1. The number of nitrogens with zero attached hydrogens (tertiary/aromatic N) is 2. The molecule has 0 fully saturated rings. The first kappa shape index (κ1) is 23.4. The summed E-state index contributed by atoms with van der Waals surface area (Å²) >= 11 is 1.21. The summed E-state index contributed by atoms with van der Waals surface area (Å²) in [6.45, 7) is 5.86. The van der Waals surface area contributed by atoms with Crippen LogP contribution in [0.4, 0.5) is 0 Å². The van der Waals surface area contributed by atoms with Gasteiger partial charge in [-0.25, -0.2) is 14.6 Å². The van der Waals surface area contributed by atoms with Crippen LogP contribution in [-0.2, 0) is 14.3 Å². The molecule has 176 valence electrons. The molecule has 1 unspecified atom stereocenters. The zero-order valence-corrected chi connectivity index (χ0v) is 20.0. The average molecular weight is 481 g/mol. The Morgan fingerprint density at radius 1 is 1.21 bits per heavy atom. The number of benzene rings is 1. The maximum atomic E-state index is 13.5. The normalized spacial score (nSPS) is 15.8. The topological polar surface area (TPSA) is 100 Å². The van der Waals surface area contributed by atoms with Gasteiger partial charge in [-0.1, -0.05) is 37.3 Å². The molecule has 9 heteroatoms. The summed E-state index contributed by atoms with van der Waals surface area (Å²) in [6.07, 6.45) is 3.18. The van der Waals surface area contributed by atoms with E-state index in [0.29, 0.717) is 31.9 Å². The standard InChI is InChI=1S/C25H24N2O6S/c1-14(2)13-33-24(30)20-15(3)26-25-27(22(28)19(34-25)12-18-6-5-11-32-18)21(20)16-7-9-17(10-8-16)23(29)31-4/h5-12,14,21H,13H2,1-4H3. The number of thiazole rings is 1. The molecule has 0 spiro atoms. The van der Waals surface area contributed by atoms with Crippen molar-refractivity contribution in [2.45, 2.75) is 26.8 Å². The highest BCUT2D eigenvalue weighted by Gasteiger charge is 2.33. The lowest BCUT2D eigenvalue weighted by Crippen LogP contribution is -2.40. The van der Waals surface area contributed by atoms with Crippen molar-refractivity contribution in [1.82, 2.24) is 4.57 Å². The van der Waals surface area contributed by atoms with Gasteiger partial charge in [0.15, 0.2) is 4.80 Å². The smallest absolute Gasteiger partial charge is 0.338 e. The van der Waals surface area contributed by atoms with Gasteiger partial charge in [-0.2, -0.15) is 0 Å². The van der Waals surface area contributed by atoms with E-state index in [2.05, 4.69) is 4.99 Å². The fourth-order valence-corrected chi connectivity index (χ4v) is 4.67. The van der Waals surface area contributed by atoms with Crippen molar-refractivity contribution in [3.05, 3.63) is 90.5 Å². The van der Waals surface area contributed by atoms with Gasteiger partial charge in [0, 0.05) is 6.08 Å². The largest absolute Gasteiger partial charge is 0.465 e. The second kappa shape index (κ2) is 9.64. The zero-order chi connectivity index (χ0) is 24.4. The van der Waals surface area contributed by atoms with Crippen LogP contribution < -0.4 is 14.9 Å². The Kier molecular flexibility index (Phi) is 6.65. The SMILES string of the molecule is COC(=O)c1ccc(C2C(C(=O)OCC(C)C)=C(C)N=c3sc(=Cc4ccco4)c(=O)n32)cc1. The van der Waals surface area contributed by atoms with Gasteiger partial charge in [-0.3, -0.25) is 9.36 Å². The maximum absolute atomic E-state index is 13.5. The number of ether oxygens (including phenoxy) is 2. The Bertz CT molecular complexity index is 1430. The van der Waals surface area contributed by atoms with Crippen LogP contribution in [0, 0.1) is 5.92 Å². The molecule has 0 radical (unpaired) electrons. The number of methoxy groups -OCH3 is 1. The summed E-state index contributed by atoms with van der Waals surface area (Å²) in [7, 11) is 1.31. The monoisotopic (exact) mass is 480 g/mol. The summed E-state index contributed by atoms with van der Waals surface area (Å²) in [5, 5.41) is 0. The summed E-state index contributed by atoms with van der Waals surface area (Å²) in [6, 6.07) is 9.34. The van der Waals surface area contributed by atoms with E-state index in [0.717, 1.165) is 0 Å². The lowest BCUT2D eigenvalue weighted by atomic mass is 9.95. The Hall–Kier alpha value is -3.72. The van der Waals surface area contributed by atoms with Crippen LogP contribution in [0.3, 0.4) is 0 Å². The first-order chi connectivity index (χ1) is 16.3. The Morgan fingerprint density at radius 2 is 1.94 bits per heavy atom. The van der Waals surface area contributed by atoms with Crippen molar-refractivity contribution in [1.29, 1.82) is 0 Å². The lowest BCUT2D eigenvalue weighted by Gasteiger charge is -2.25. The van der Waals surface area contributed by atoms with E-state index in [4.69, 9.17) is 13.9 Å². The van der Waals surface area contributed by atoms with Gasteiger partial charge in [0.25, 0.3) is 5.56 Å². The van der Waals surface area contributed by atoms with Crippen LogP contribution >= 0.6 is 11.3 Å². The molecule has 4 rings (SSSR count). The first-order valence-electron chi connectivity index (χ1n) is 10.7. The predicted octanol–water partition coefficient (Wildman–Crippen LogP) is 2.81. The molecule has 1 aliphatic rings. The van der Waals surface area contributed by atoms with Crippen molar-refractivity contribution in [3.63, 3.8) is 0 Å². The highest BCUT2D eigenvalue weighted by molar-refractivity contribution is 7.07. The molecule has 34 heavy (non-hydrogen) atoms. The third kappa shape index (κ3) is 4.51. The van der Waals surface area contributed by atoms with E-state index in [1.807, 2.05) is 13.8 Å². The van der Waals surface area contributed by atoms with Crippen LogP contribution in [0.1, 0.15) is 48.5 Å². The van der Waals surface area contributed by atoms with Crippen LogP contribution in [0.15, 0.2) is 68.1 Å². The minimum atomic E-state index is -0.763. The molecule has 3 heterocycles. The molecule has 0 bridgehead atoms. The number of allylic oxidation sites excluding steroid dienone is 1. The first-order valence-corrected chi connectivity index (χ1v) is 11.5. The number of carbonyl (C=O) groups is 2.